The van der Waals surface area contributed by atoms with Gasteiger partial charge in [-0.25, -0.2) is 22.5 Å². The number of carbonyl (C=O) groups is 1. The topological polar surface area (TPSA) is 100 Å². The molecule has 0 amide bonds. The van der Waals surface area contributed by atoms with Crippen LogP contribution in [0.4, 0.5) is 0 Å². The van der Waals surface area contributed by atoms with Gasteiger partial charge in [0.05, 0.1) is 29.4 Å². The van der Waals surface area contributed by atoms with Crippen molar-refractivity contribution in [2.75, 3.05) is 19.3 Å². The second-order valence-electron chi connectivity index (χ2n) is 6.61. The number of hydrogen-bond acceptors (Lipinski definition) is 5. The van der Waals surface area contributed by atoms with E-state index < -0.39 is 16.0 Å². The molecule has 1 atom stereocenters. The van der Waals surface area contributed by atoms with Crippen LogP contribution in [0.1, 0.15) is 28.9 Å². The summed E-state index contributed by atoms with van der Waals surface area (Å²) in [5.74, 6) is -0.785. The van der Waals surface area contributed by atoms with Crippen LogP contribution in [0.5, 0.6) is 0 Å². The van der Waals surface area contributed by atoms with Crippen LogP contribution in [0.25, 0.3) is 11.3 Å². The summed E-state index contributed by atoms with van der Waals surface area (Å²) < 4.78 is 25.0. The number of aromatic carboxylic acids is 1. The van der Waals surface area contributed by atoms with Gasteiger partial charge in [0.2, 0.25) is 10.0 Å². The van der Waals surface area contributed by atoms with Crippen LogP contribution in [0.15, 0.2) is 36.7 Å². The summed E-state index contributed by atoms with van der Waals surface area (Å²) in [4.78, 5) is 20.0. The smallest absolute Gasteiger partial charge is 0.335 e. The minimum absolute atomic E-state index is 0.200. The van der Waals surface area contributed by atoms with Crippen LogP contribution in [-0.4, -0.2) is 53.1 Å². The Balaban J connectivity index is 1.77. The van der Waals surface area contributed by atoms with Gasteiger partial charge in [-0.1, -0.05) is 12.1 Å². The van der Waals surface area contributed by atoms with Crippen LogP contribution in [0.2, 0.25) is 0 Å². The van der Waals surface area contributed by atoms with Crippen LogP contribution in [0.3, 0.4) is 0 Å². The monoisotopic (exact) mass is 375 g/mol. The summed E-state index contributed by atoms with van der Waals surface area (Å²) in [7, 11) is -3.17. The zero-order chi connectivity index (χ0) is 18.7. The number of nitrogens with zero attached hydrogens (tertiary/aromatic N) is 3. The molecule has 1 saturated heterocycles. The molecule has 1 fully saturated rings. The second kappa shape index (κ2) is 7.51. The van der Waals surface area contributed by atoms with E-state index in [1.807, 2.05) is 0 Å². The van der Waals surface area contributed by atoms with Crippen molar-refractivity contribution >= 4 is 16.0 Å². The van der Waals surface area contributed by atoms with E-state index in [0.29, 0.717) is 30.8 Å². The lowest BCUT2D eigenvalue weighted by molar-refractivity contribution is 0.0697. The SMILES string of the molecule is CS(=O)(=O)N1CCCC(Cc2cncc(-c3cccc(C(=O)O)c3)n2)C1. The van der Waals surface area contributed by atoms with E-state index in [2.05, 4.69) is 9.97 Å². The molecular formula is C18H21N3O4S. The Labute approximate surface area is 152 Å². The van der Waals surface area contributed by atoms with Gasteiger partial charge in [0, 0.05) is 24.8 Å². The van der Waals surface area contributed by atoms with Gasteiger partial charge in [-0.05, 0) is 37.3 Å². The summed E-state index contributed by atoms with van der Waals surface area (Å²) in [5, 5.41) is 9.13. The number of hydrogen-bond donors (Lipinski definition) is 1. The lowest BCUT2D eigenvalue weighted by Gasteiger charge is -2.30. The molecule has 0 saturated carbocycles. The standard InChI is InChI=1S/C18H21N3O4S/c1-26(24,25)21-7-3-4-13(12-21)8-16-10-19-11-17(20-16)14-5-2-6-15(9-14)18(22)23/h2,5-6,9-11,13H,3-4,7-8,12H2,1H3,(H,22,23). The van der Waals surface area contributed by atoms with Crippen molar-refractivity contribution in [2.45, 2.75) is 19.3 Å². The molecule has 0 radical (unpaired) electrons. The number of carboxylic acids is 1. The normalized spacial score (nSPS) is 18.6. The molecule has 1 unspecified atom stereocenters. The van der Waals surface area contributed by atoms with Crippen molar-refractivity contribution < 1.29 is 18.3 Å². The number of carboxylic acid groups (broad SMARTS) is 1. The van der Waals surface area contributed by atoms with Gasteiger partial charge in [-0.15, -0.1) is 0 Å². The fraction of sp³-hybridized carbons (Fsp3) is 0.389. The first-order valence-electron chi connectivity index (χ1n) is 8.42. The molecule has 3 rings (SSSR count). The first-order chi connectivity index (χ1) is 12.3. The van der Waals surface area contributed by atoms with Crippen molar-refractivity contribution in [2.24, 2.45) is 5.92 Å². The van der Waals surface area contributed by atoms with Crippen LogP contribution in [-0.2, 0) is 16.4 Å². The molecule has 1 aromatic heterocycles. The van der Waals surface area contributed by atoms with Crippen LogP contribution >= 0.6 is 0 Å². The van der Waals surface area contributed by atoms with Gasteiger partial charge in [0.15, 0.2) is 0 Å². The van der Waals surface area contributed by atoms with Crippen LogP contribution in [0, 0.1) is 5.92 Å². The Morgan fingerprint density at radius 3 is 2.88 bits per heavy atom. The molecular weight excluding hydrogens is 354 g/mol. The zero-order valence-electron chi connectivity index (χ0n) is 14.5. The van der Waals surface area contributed by atoms with Crippen molar-refractivity contribution in [3.05, 3.63) is 47.9 Å². The Hall–Kier alpha value is -2.32. The third-order valence-corrected chi connectivity index (χ3v) is 5.81. The maximum Gasteiger partial charge on any atom is 0.335 e. The van der Waals surface area contributed by atoms with Gasteiger partial charge in [0.1, 0.15) is 0 Å². The Morgan fingerprint density at radius 2 is 2.15 bits per heavy atom. The summed E-state index contributed by atoms with van der Waals surface area (Å²) in [6, 6.07) is 6.58. The highest BCUT2D eigenvalue weighted by Gasteiger charge is 2.26. The molecule has 0 aliphatic carbocycles. The van der Waals surface area contributed by atoms with E-state index >= 15 is 0 Å². The highest BCUT2D eigenvalue weighted by molar-refractivity contribution is 7.88. The third-order valence-electron chi connectivity index (χ3n) is 4.54. The molecule has 0 bridgehead atoms. The van der Waals surface area contributed by atoms with Gasteiger partial charge >= 0.3 is 5.97 Å². The number of rotatable bonds is 5. The molecule has 2 heterocycles. The van der Waals surface area contributed by atoms with E-state index in [0.717, 1.165) is 18.5 Å². The van der Waals surface area contributed by atoms with Crippen molar-refractivity contribution in [3.63, 3.8) is 0 Å². The van der Waals surface area contributed by atoms with Gasteiger partial charge in [0.25, 0.3) is 0 Å². The highest BCUT2D eigenvalue weighted by Crippen LogP contribution is 2.23. The summed E-state index contributed by atoms with van der Waals surface area (Å²) in [5.41, 5.74) is 2.29. The average Bonchev–Trinajstić information content (AvgIpc) is 2.61. The minimum atomic E-state index is -3.17. The summed E-state index contributed by atoms with van der Waals surface area (Å²) in [6.07, 6.45) is 6.97. The van der Waals surface area contributed by atoms with E-state index in [1.165, 1.54) is 16.6 Å². The molecule has 1 aliphatic heterocycles. The number of piperidine rings is 1. The van der Waals surface area contributed by atoms with Gasteiger partial charge in [-0.3, -0.25) is 4.98 Å². The largest absolute Gasteiger partial charge is 0.478 e. The molecule has 1 aliphatic rings. The molecule has 138 valence electrons. The fourth-order valence-corrected chi connectivity index (χ4v) is 4.19. The number of aromatic nitrogens is 2. The lowest BCUT2D eigenvalue weighted by Crippen LogP contribution is -2.39. The Morgan fingerprint density at radius 1 is 1.35 bits per heavy atom. The molecule has 7 nitrogen and oxygen atoms in total. The Bertz CT molecular complexity index is 914. The van der Waals surface area contributed by atoms with E-state index in [9.17, 15) is 13.2 Å². The zero-order valence-corrected chi connectivity index (χ0v) is 15.3. The summed E-state index contributed by atoms with van der Waals surface area (Å²) in [6.45, 7) is 1.07. The molecule has 26 heavy (non-hydrogen) atoms. The maximum atomic E-state index is 11.8. The van der Waals surface area contributed by atoms with Gasteiger partial charge in [-0.2, -0.15) is 0 Å². The van der Waals surface area contributed by atoms with Crippen molar-refractivity contribution in [1.82, 2.24) is 14.3 Å². The first-order valence-corrected chi connectivity index (χ1v) is 10.3. The van der Waals surface area contributed by atoms with Crippen molar-refractivity contribution in [1.29, 1.82) is 0 Å². The predicted molar refractivity (Wildman–Crippen MR) is 97.3 cm³/mol. The van der Waals surface area contributed by atoms with Crippen molar-refractivity contribution in [3.8, 4) is 11.3 Å². The molecule has 1 N–H and O–H groups in total. The van der Waals surface area contributed by atoms with Crippen LogP contribution < -0.4 is 0 Å². The minimum Gasteiger partial charge on any atom is -0.478 e. The van der Waals surface area contributed by atoms with E-state index in [1.54, 1.807) is 30.6 Å². The quantitative estimate of drug-likeness (QED) is 0.858. The fourth-order valence-electron chi connectivity index (χ4n) is 3.25. The Kier molecular flexibility index (Phi) is 5.33. The van der Waals surface area contributed by atoms with E-state index in [4.69, 9.17) is 5.11 Å². The van der Waals surface area contributed by atoms with Gasteiger partial charge < -0.3 is 5.11 Å². The number of sulfonamides is 1. The highest BCUT2D eigenvalue weighted by atomic mass is 32.2. The number of benzene rings is 1. The predicted octanol–water partition coefficient (Wildman–Crippen LogP) is 2.06. The summed E-state index contributed by atoms with van der Waals surface area (Å²) >= 11 is 0. The van der Waals surface area contributed by atoms with E-state index in [-0.39, 0.29) is 11.5 Å². The third kappa shape index (κ3) is 4.44. The lowest BCUT2D eigenvalue weighted by atomic mass is 9.95. The second-order valence-corrected chi connectivity index (χ2v) is 8.60. The molecule has 8 heteroatoms. The average molecular weight is 375 g/mol. The first kappa shape index (κ1) is 18.5. The molecule has 1 aromatic carbocycles. The molecule has 0 spiro atoms. The maximum absolute atomic E-state index is 11.8. The molecule has 2 aromatic rings.